The molecule has 0 radical (unpaired) electrons. The molecule has 0 bridgehead atoms. The molecule has 1 saturated heterocycles. The Kier molecular flexibility index (Phi) is 2.73. The predicted octanol–water partition coefficient (Wildman–Crippen LogP) is 0.768. The minimum atomic E-state index is -3.22. The van der Waals surface area contributed by atoms with Gasteiger partial charge in [0.25, 0.3) is 0 Å². The Morgan fingerprint density at radius 2 is 2.08 bits per heavy atom. The zero-order chi connectivity index (χ0) is 9.35. The number of hydrogen-bond acceptors (Lipinski definition) is 2. The van der Waals surface area contributed by atoms with Gasteiger partial charge in [-0.3, -0.25) is 0 Å². The molecule has 12 heavy (non-hydrogen) atoms. The van der Waals surface area contributed by atoms with Crippen LogP contribution in [-0.2, 0) is 10.0 Å². The van der Waals surface area contributed by atoms with E-state index in [4.69, 9.17) is 0 Å². The van der Waals surface area contributed by atoms with Gasteiger partial charge in [-0.1, -0.05) is 0 Å². The highest BCUT2D eigenvalue weighted by Crippen LogP contribution is 2.18. The fourth-order valence-corrected chi connectivity index (χ4v) is 2.54. The van der Waals surface area contributed by atoms with Gasteiger partial charge in [-0.05, 0) is 20.3 Å². The molecule has 3 nitrogen and oxygen atoms in total. The molecule has 0 unspecified atom stereocenters. The number of sulfonamides is 1. The molecule has 1 fully saturated rings. The standard InChI is InChI=1S/C7H14FNO2S/c1-6(2)12(10,11)9-4-3-7(8)5-9/h6-7H,3-5H2,1-2H3/t7-/m1/s1. The van der Waals surface area contributed by atoms with E-state index in [-0.39, 0.29) is 6.54 Å². The minimum Gasteiger partial charge on any atom is -0.246 e. The largest absolute Gasteiger partial charge is 0.246 e. The maximum atomic E-state index is 12.7. The third-order valence-electron chi connectivity index (χ3n) is 2.05. The summed E-state index contributed by atoms with van der Waals surface area (Å²) in [5.74, 6) is 0. The molecule has 1 aliphatic rings. The van der Waals surface area contributed by atoms with E-state index in [2.05, 4.69) is 0 Å². The molecular weight excluding hydrogens is 181 g/mol. The van der Waals surface area contributed by atoms with Gasteiger partial charge in [-0.15, -0.1) is 0 Å². The first-order chi connectivity index (χ1) is 5.44. The van der Waals surface area contributed by atoms with Gasteiger partial charge in [0.1, 0.15) is 6.17 Å². The third kappa shape index (κ3) is 1.77. The first kappa shape index (κ1) is 9.92. The molecule has 1 aliphatic heterocycles. The Morgan fingerprint density at radius 1 is 1.50 bits per heavy atom. The van der Waals surface area contributed by atoms with Crippen molar-refractivity contribution in [2.75, 3.05) is 13.1 Å². The number of hydrogen-bond donors (Lipinski definition) is 0. The second kappa shape index (κ2) is 3.30. The lowest BCUT2D eigenvalue weighted by Crippen LogP contribution is -2.34. The zero-order valence-electron chi connectivity index (χ0n) is 7.33. The van der Waals surface area contributed by atoms with Crippen LogP contribution in [0.5, 0.6) is 0 Å². The van der Waals surface area contributed by atoms with E-state index in [1.54, 1.807) is 13.8 Å². The van der Waals surface area contributed by atoms with Crippen LogP contribution < -0.4 is 0 Å². The van der Waals surface area contributed by atoms with Crippen molar-refractivity contribution in [3.63, 3.8) is 0 Å². The van der Waals surface area contributed by atoms with Crippen molar-refractivity contribution in [1.82, 2.24) is 4.31 Å². The van der Waals surface area contributed by atoms with Crippen LogP contribution in [0.2, 0.25) is 0 Å². The average molecular weight is 195 g/mol. The molecular formula is C7H14FNO2S. The molecule has 0 aromatic heterocycles. The van der Waals surface area contributed by atoms with Crippen LogP contribution >= 0.6 is 0 Å². The van der Waals surface area contributed by atoms with Crippen LogP contribution in [-0.4, -0.2) is 37.2 Å². The maximum Gasteiger partial charge on any atom is 0.216 e. The number of nitrogens with zero attached hydrogens (tertiary/aromatic N) is 1. The fourth-order valence-electron chi connectivity index (χ4n) is 1.22. The maximum absolute atomic E-state index is 12.7. The van der Waals surface area contributed by atoms with Crippen molar-refractivity contribution in [3.05, 3.63) is 0 Å². The molecule has 0 N–H and O–H groups in total. The highest BCUT2D eigenvalue weighted by molar-refractivity contribution is 7.89. The molecule has 0 aliphatic carbocycles. The Balaban J connectivity index is 2.71. The predicted molar refractivity (Wildman–Crippen MR) is 45.1 cm³/mol. The summed E-state index contributed by atoms with van der Waals surface area (Å²) in [6.45, 7) is 3.60. The van der Waals surface area contributed by atoms with Gasteiger partial charge < -0.3 is 0 Å². The molecule has 5 heteroatoms. The van der Waals surface area contributed by atoms with Gasteiger partial charge in [0.2, 0.25) is 10.0 Å². The second-order valence-electron chi connectivity index (χ2n) is 3.34. The van der Waals surface area contributed by atoms with Crippen LogP contribution in [0.1, 0.15) is 20.3 Å². The number of alkyl halides is 1. The van der Waals surface area contributed by atoms with Gasteiger partial charge in [0, 0.05) is 13.1 Å². The van der Waals surface area contributed by atoms with Crippen LogP contribution in [0.4, 0.5) is 4.39 Å². The van der Waals surface area contributed by atoms with Gasteiger partial charge >= 0.3 is 0 Å². The van der Waals surface area contributed by atoms with E-state index in [1.165, 1.54) is 4.31 Å². The SMILES string of the molecule is CC(C)S(=O)(=O)N1CC[C@@H](F)C1. The van der Waals surface area contributed by atoms with Crippen molar-refractivity contribution >= 4 is 10.0 Å². The lowest BCUT2D eigenvalue weighted by Gasteiger charge is -2.17. The van der Waals surface area contributed by atoms with Crippen molar-refractivity contribution < 1.29 is 12.8 Å². The molecule has 1 rings (SSSR count). The van der Waals surface area contributed by atoms with Gasteiger partial charge in [-0.2, -0.15) is 4.31 Å². The van der Waals surface area contributed by atoms with Gasteiger partial charge in [0.15, 0.2) is 0 Å². The summed E-state index contributed by atoms with van der Waals surface area (Å²) in [4.78, 5) is 0. The summed E-state index contributed by atoms with van der Waals surface area (Å²) in [6.07, 6.45) is -0.634. The highest BCUT2D eigenvalue weighted by atomic mass is 32.2. The summed E-state index contributed by atoms with van der Waals surface area (Å²) in [5, 5.41) is -0.442. The van der Waals surface area contributed by atoms with Gasteiger partial charge in [-0.25, -0.2) is 12.8 Å². The van der Waals surface area contributed by atoms with Crippen molar-refractivity contribution in [2.24, 2.45) is 0 Å². The van der Waals surface area contributed by atoms with Crippen LogP contribution in [0, 0.1) is 0 Å². The number of halogens is 1. The molecule has 72 valence electrons. The summed E-state index contributed by atoms with van der Waals surface area (Å²) in [6, 6.07) is 0. The first-order valence-electron chi connectivity index (χ1n) is 4.07. The normalized spacial score (nSPS) is 26.8. The van der Waals surface area contributed by atoms with Crippen LogP contribution in [0.3, 0.4) is 0 Å². The minimum absolute atomic E-state index is 0.0422. The summed E-state index contributed by atoms with van der Waals surface area (Å²) in [7, 11) is -3.22. The molecule has 1 heterocycles. The van der Waals surface area contributed by atoms with Crippen LogP contribution in [0.15, 0.2) is 0 Å². The van der Waals surface area contributed by atoms with E-state index in [0.717, 1.165) is 0 Å². The second-order valence-corrected chi connectivity index (χ2v) is 5.83. The Labute approximate surface area is 72.6 Å². The smallest absolute Gasteiger partial charge is 0.216 e. The zero-order valence-corrected chi connectivity index (χ0v) is 8.14. The molecule has 1 atom stereocenters. The van der Waals surface area contributed by atoms with E-state index in [1.807, 2.05) is 0 Å². The van der Waals surface area contributed by atoms with Gasteiger partial charge in [0.05, 0.1) is 5.25 Å². The van der Waals surface area contributed by atoms with E-state index in [0.29, 0.717) is 13.0 Å². The van der Waals surface area contributed by atoms with E-state index >= 15 is 0 Å². The third-order valence-corrected chi connectivity index (χ3v) is 4.29. The quantitative estimate of drug-likeness (QED) is 0.652. The molecule has 0 amide bonds. The summed E-state index contributed by atoms with van der Waals surface area (Å²) >= 11 is 0. The monoisotopic (exact) mass is 195 g/mol. The molecule has 0 spiro atoms. The summed E-state index contributed by atoms with van der Waals surface area (Å²) in [5.41, 5.74) is 0. The van der Waals surface area contributed by atoms with Crippen molar-refractivity contribution in [1.29, 1.82) is 0 Å². The first-order valence-corrected chi connectivity index (χ1v) is 5.58. The molecule has 0 saturated carbocycles. The fraction of sp³-hybridized carbons (Fsp3) is 1.00. The van der Waals surface area contributed by atoms with E-state index < -0.39 is 21.4 Å². The topological polar surface area (TPSA) is 37.4 Å². The highest BCUT2D eigenvalue weighted by Gasteiger charge is 2.32. The van der Waals surface area contributed by atoms with Crippen molar-refractivity contribution in [3.8, 4) is 0 Å². The molecule has 0 aromatic rings. The molecule has 0 aromatic carbocycles. The van der Waals surface area contributed by atoms with Crippen LogP contribution in [0.25, 0.3) is 0 Å². The van der Waals surface area contributed by atoms with Crippen molar-refractivity contribution in [2.45, 2.75) is 31.7 Å². The Hall–Kier alpha value is -0.160. The lowest BCUT2D eigenvalue weighted by atomic mass is 10.4. The average Bonchev–Trinajstić information content (AvgIpc) is 2.35. The Morgan fingerprint density at radius 3 is 2.42 bits per heavy atom. The summed E-state index contributed by atoms with van der Waals surface area (Å²) < 4.78 is 36.8. The Bertz CT molecular complexity index is 250. The van der Waals surface area contributed by atoms with E-state index in [9.17, 15) is 12.8 Å². The number of rotatable bonds is 2. The lowest BCUT2D eigenvalue weighted by molar-refractivity contribution is 0.342.